The zero-order valence-electron chi connectivity index (χ0n) is 13.0. The van der Waals surface area contributed by atoms with Gasteiger partial charge in [-0.1, -0.05) is 26.0 Å². The van der Waals surface area contributed by atoms with Crippen LogP contribution in [0.1, 0.15) is 35.9 Å². The fourth-order valence-electron chi connectivity index (χ4n) is 2.05. The average Bonchev–Trinajstić information content (AvgIpc) is 3.00. The van der Waals surface area contributed by atoms with E-state index in [4.69, 9.17) is 4.42 Å². The molecule has 22 heavy (non-hydrogen) atoms. The highest BCUT2D eigenvalue weighted by molar-refractivity contribution is 5.97. The SMILES string of the molecule is CC(C)c1cccc(NC(=O)CN(C)C(=O)c2ccco2)c1. The Hall–Kier alpha value is -2.56. The third-order valence-corrected chi connectivity index (χ3v) is 3.30. The van der Waals surface area contributed by atoms with Gasteiger partial charge < -0.3 is 14.6 Å². The first-order chi connectivity index (χ1) is 10.5. The van der Waals surface area contributed by atoms with E-state index in [0.717, 1.165) is 11.3 Å². The molecule has 0 radical (unpaired) electrons. The monoisotopic (exact) mass is 300 g/mol. The summed E-state index contributed by atoms with van der Waals surface area (Å²) in [7, 11) is 1.56. The molecule has 0 saturated heterocycles. The number of benzene rings is 1. The van der Waals surface area contributed by atoms with Crippen molar-refractivity contribution in [1.29, 1.82) is 0 Å². The van der Waals surface area contributed by atoms with Gasteiger partial charge in [0.15, 0.2) is 5.76 Å². The van der Waals surface area contributed by atoms with Gasteiger partial charge in [-0.05, 0) is 35.7 Å². The van der Waals surface area contributed by atoms with Crippen LogP contribution in [0.4, 0.5) is 5.69 Å². The van der Waals surface area contributed by atoms with E-state index < -0.39 is 0 Å². The van der Waals surface area contributed by atoms with E-state index in [1.54, 1.807) is 19.2 Å². The second-order valence-electron chi connectivity index (χ2n) is 5.47. The minimum absolute atomic E-state index is 0.0363. The van der Waals surface area contributed by atoms with Gasteiger partial charge in [-0.3, -0.25) is 9.59 Å². The van der Waals surface area contributed by atoms with E-state index in [2.05, 4.69) is 19.2 Å². The zero-order chi connectivity index (χ0) is 16.1. The molecule has 2 aromatic rings. The molecule has 0 bridgehead atoms. The number of nitrogens with zero attached hydrogens (tertiary/aromatic N) is 1. The number of anilines is 1. The molecule has 0 spiro atoms. The summed E-state index contributed by atoms with van der Waals surface area (Å²) in [5, 5.41) is 2.80. The van der Waals surface area contributed by atoms with Crippen LogP contribution < -0.4 is 5.32 Å². The fourth-order valence-corrected chi connectivity index (χ4v) is 2.05. The second kappa shape index (κ2) is 6.93. The number of rotatable bonds is 5. The van der Waals surface area contributed by atoms with E-state index in [-0.39, 0.29) is 24.1 Å². The highest BCUT2D eigenvalue weighted by Gasteiger charge is 2.17. The van der Waals surface area contributed by atoms with Gasteiger partial charge >= 0.3 is 0 Å². The van der Waals surface area contributed by atoms with E-state index in [1.165, 1.54) is 11.2 Å². The average molecular weight is 300 g/mol. The molecule has 116 valence electrons. The molecule has 2 amide bonds. The van der Waals surface area contributed by atoms with E-state index in [1.807, 2.05) is 24.3 Å². The minimum atomic E-state index is -0.323. The molecule has 1 aromatic heterocycles. The Morgan fingerprint density at radius 1 is 1.23 bits per heavy atom. The maximum Gasteiger partial charge on any atom is 0.289 e. The zero-order valence-corrected chi connectivity index (χ0v) is 13.0. The Bertz CT molecular complexity index is 648. The van der Waals surface area contributed by atoms with Gasteiger partial charge in [0.05, 0.1) is 12.8 Å². The molecular weight excluding hydrogens is 280 g/mol. The second-order valence-corrected chi connectivity index (χ2v) is 5.47. The Labute approximate surface area is 129 Å². The molecule has 0 saturated carbocycles. The number of carbonyl (C=O) groups excluding carboxylic acids is 2. The van der Waals surface area contributed by atoms with Crippen LogP contribution in [0.15, 0.2) is 47.1 Å². The minimum Gasteiger partial charge on any atom is -0.459 e. The fraction of sp³-hybridized carbons (Fsp3) is 0.294. The first-order valence-corrected chi connectivity index (χ1v) is 7.16. The van der Waals surface area contributed by atoms with Crippen LogP contribution in [-0.2, 0) is 4.79 Å². The summed E-state index contributed by atoms with van der Waals surface area (Å²) in [6.07, 6.45) is 1.43. The number of nitrogens with one attached hydrogen (secondary N) is 1. The molecule has 0 atom stereocenters. The van der Waals surface area contributed by atoms with Crippen LogP contribution in [-0.4, -0.2) is 30.3 Å². The molecule has 5 nitrogen and oxygen atoms in total. The maximum atomic E-state index is 12.0. The summed E-state index contributed by atoms with van der Waals surface area (Å²) in [5.74, 6) is 0.0385. The Morgan fingerprint density at radius 3 is 2.64 bits per heavy atom. The van der Waals surface area contributed by atoms with Crippen LogP contribution in [0.25, 0.3) is 0 Å². The van der Waals surface area contributed by atoms with Gasteiger partial charge in [0.2, 0.25) is 5.91 Å². The summed E-state index contributed by atoms with van der Waals surface area (Å²) in [6, 6.07) is 10.9. The Kier molecular flexibility index (Phi) is 4.99. The number of hydrogen-bond donors (Lipinski definition) is 1. The lowest BCUT2D eigenvalue weighted by Crippen LogP contribution is -2.34. The van der Waals surface area contributed by atoms with Crippen molar-refractivity contribution < 1.29 is 14.0 Å². The molecule has 0 aliphatic heterocycles. The van der Waals surface area contributed by atoms with Crippen LogP contribution in [0.2, 0.25) is 0 Å². The molecule has 0 unspecified atom stereocenters. The molecule has 0 fully saturated rings. The van der Waals surface area contributed by atoms with Gasteiger partial charge in [0.25, 0.3) is 5.91 Å². The first-order valence-electron chi connectivity index (χ1n) is 7.16. The largest absolute Gasteiger partial charge is 0.459 e. The van der Waals surface area contributed by atoms with Crippen molar-refractivity contribution in [2.75, 3.05) is 18.9 Å². The van der Waals surface area contributed by atoms with Crippen LogP contribution in [0.3, 0.4) is 0 Å². The third-order valence-electron chi connectivity index (χ3n) is 3.30. The van der Waals surface area contributed by atoms with Crippen molar-refractivity contribution in [2.24, 2.45) is 0 Å². The lowest BCUT2D eigenvalue weighted by atomic mass is 10.0. The van der Waals surface area contributed by atoms with E-state index in [9.17, 15) is 9.59 Å². The van der Waals surface area contributed by atoms with Crippen LogP contribution in [0.5, 0.6) is 0 Å². The Morgan fingerprint density at radius 2 is 2.00 bits per heavy atom. The van der Waals surface area contributed by atoms with Gasteiger partial charge in [-0.15, -0.1) is 0 Å². The van der Waals surface area contributed by atoms with E-state index >= 15 is 0 Å². The number of hydrogen-bond acceptors (Lipinski definition) is 3. The standard InChI is InChI=1S/C17H20N2O3/c1-12(2)13-6-4-7-14(10-13)18-16(20)11-19(3)17(21)15-8-5-9-22-15/h4-10,12H,11H2,1-3H3,(H,18,20). The van der Waals surface area contributed by atoms with E-state index in [0.29, 0.717) is 5.92 Å². The number of likely N-dealkylation sites (N-methyl/N-ethyl adjacent to an activating group) is 1. The number of furan rings is 1. The summed E-state index contributed by atoms with van der Waals surface area (Å²) in [5.41, 5.74) is 1.88. The van der Waals surface area contributed by atoms with Crippen molar-refractivity contribution in [3.05, 3.63) is 54.0 Å². The molecule has 1 heterocycles. The predicted octanol–water partition coefficient (Wildman–Crippen LogP) is 3.11. The van der Waals surface area contributed by atoms with Gasteiger partial charge in [-0.25, -0.2) is 0 Å². The van der Waals surface area contributed by atoms with Gasteiger partial charge in [-0.2, -0.15) is 0 Å². The van der Waals surface area contributed by atoms with Crippen molar-refractivity contribution in [3.8, 4) is 0 Å². The number of carbonyl (C=O) groups is 2. The first kappa shape index (κ1) is 15.8. The third kappa shape index (κ3) is 3.97. The molecule has 1 aromatic carbocycles. The lowest BCUT2D eigenvalue weighted by Gasteiger charge is -2.16. The summed E-state index contributed by atoms with van der Waals surface area (Å²) in [4.78, 5) is 25.4. The molecular formula is C17H20N2O3. The summed E-state index contributed by atoms with van der Waals surface area (Å²) < 4.78 is 5.04. The highest BCUT2D eigenvalue weighted by Crippen LogP contribution is 2.18. The lowest BCUT2D eigenvalue weighted by molar-refractivity contribution is -0.116. The smallest absolute Gasteiger partial charge is 0.289 e. The summed E-state index contributed by atoms with van der Waals surface area (Å²) >= 11 is 0. The molecule has 0 aliphatic rings. The molecule has 5 heteroatoms. The normalized spacial score (nSPS) is 10.5. The number of amides is 2. The summed E-state index contributed by atoms with van der Waals surface area (Å²) in [6.45, 7) is 4.15. The van der Waals surface area contributed by atoms with Crippen LogP contribution in [0, 0.1) is 0 Å². The molecule has 2 rings (SSSR count). The molecule has 0 aliphatic carbocycles. The van der Waals surface area contributed by atoms with Gasteiger partial charge in [0, 0.05) is 12.7 Å². The maximum absolute atomic E-state index is 12.0. The molecule has 1 N–H and O–H groups in total. The van der Waals surface area contributed by atoms with Crippen LogP contribution >= 0.6 is 0 Å². The van der Waals surface area contributed by atoms with Crippen molar-refractivity contribution in [3.63, 3.8) is 0 Å². The topological polar surface area (TPSA) is 62.6 Å². The highest BCUT2D eigenvalue weighted by atomic mass is 16.3. The van der Waals surface area contributed by atoms with Gasteiger partial charge in [0.1, 0.15) is 0 Å². The predicted molar refractivity (Wildman–Crippen MR) is 84.8 cm³/mol. The Balaban J connectivity index is 1.95. The van der Waals surface area contributed by atoms with Crippen molar-refractivity contribution >= 4 is 17.5 Å². The van der Waals surface area contributed by atoms with Crippen molar-refractivity contribution in [2.45, 2.75) is 19.8 Å². The van der Waals surface area contributed by atoms with Crippen molar-refractivity contribution in [1.82, 2.24) is 4.90 Å². The quantitative estimate of drug-likeness (QED) is 0.923.